The molecule has 0 aliphatic carbocycles. The van der Waals surface area contributed by atoms with Crippen molar-refractivity contribution in [3.8, 4) is 11.8 Å². The second-order valence-corrected chi connectivity index (χ2v) is 5.01. The molecule has 16 heavy (non-hydrogen) atoms. The van der Waals surface area contributed by atoms with Gasteiger partial charge in [0.1, 0.15) is 5.82 Å². The average Bonchev–Trinajstić information content (AvgIpc) is 2.28. The highest BCUT2D eigenvalue weighted by Gasteiger charge is 2.13. The van der Waals surface area contributed by atoms with E-state index in [0.29, 0.717) is 22.5 Å². The molecular formula is C11H17BrN2O2. The van der Waals surface area contributed by atoms with E-state index in [1.165, 1.54) is 0 Å². The van der Waals surface area contributed by atoms with E-state index < -0.39 is 0 Å². The second-order valence-electron chi connectivity index (χ2n) is 3.83. The zero-order chi connectivity index (χ0) is 12.1. The zero-order valence-electron chi connectivity index (χ0n) is 10.0. The van der Waals surface area contributed by atoms with Crippen molar-refractivity contribution in [2.24, 2.45) is 5.92 Å². The molecule has 90 valence electrons. The van der Waals surface area contributed by atoms with Crippen molar-refractivity contribution in [3.05, 3.63) is 11.9 Å². The van der Waals surface area contributed by atoms with E-state index in [4.69, 9.17) is 9.47 Å². The Bertz CT molecular complexity index is 323. The summed E-state index contributed by atoms with van der Waals surface area (Å²) in [6.07, 6.45) is 0.755. The zero-order valence-corrected chi connectivity index (χ0v) is 11.6. The van der Waals surface area contributed by atoms with Crippen LogP contribution >= 0.6 is 15.9 Å². The van der Waals surface area contributed by atoms with Crippen molar-refractivity contribution < 1.29 is 9.47 Å². The summed E-state index contributed by atoms with van der Waals surface area (Å²) in [4.78, 5) is 8.91. The van der Waals surface area contributed by atoms with Crippen molar-refractivity contribution in [1.82, 2.24) is 9.97 Å². The minimum absolute atomic E-state index is 0.351. The molecule has 0 fully saturated rings. The number of ether oxygens (including phenoxy) is 2. The summed E-state index contributed by atoms with van der Waals surface area (Å²) in [7, 11) is 3.17. The van der Waals surface area contributed by atoms with Crippen LogP contribution in [0.4, 0.5) is 0 Å². The number of halogens is 1. The summed E-state index contributed by atoms with van der Waals surface area (Å²) < 4.78 is 10.2. The smallest absolute Gasteiger partial charge is 0.220 e. The van der Waals surface area contributed by atoms with Crippen molar-refractivity contribution in [2.45, 2.75) is 25.1 Å². The third-order valence-electron chi connectivity index (χ3n) is 2.24. The fourth-order valence-electron chi connectivity index (χ4n) is 1.16. The summed E-state index contributed by atoms with van der Waals surface area (Å²) in [6, 6.07) is 1.67. The Kier molecular flexibility index (Phi) is 4.99. The quantitative estimate of drug-likeness (QED) is 0.781. The lowest BCUT2D eigenvalue weighted by molar-refractivity contribution is 0.367. The van der Waals surface area contributed by atoms with Gasteiger partial charge in [0.05, 0.1) is 20.3 Å². The summed E-state index contributed by atoms with van der Waals surface area (Å²) >= 11 is 3.61. The van der Waals surface area contributed by atoms with Gasteiger partial charge in [-0.1, -0.05) is 29.8 Å². The fourth-order valence-corrected chi connectivity index (χ4v) is 1.45. The molecule has 1 unspecified atom stereocenters. The van der Waals surface area contributed by atoms with E-state index in [1.807, 2.05) is 0 Å². The maximum absolute atomic E-state index is 5.09. The summed E-state index contributed by atoms with van der Waals surface area (Å²) in [5.41, 5.74) is 0. The van der Waals surface area contributed by atoms with Gasteiger partial charge in [0.25, 0.3) is 0 Å². The van der Waals surface area contributed by atoms with E-state index in [1.54, 1.807) is 20.3 Å². The highest BCUT2D eigenvalue weighted by molar-refractivity contribution is 9.09. The molecule has 0 bridgehead atoms. The molecule has 0 amide bonds. The summed E-state index contributed by atoms with van der Waals surface area (Å²) in [5.74, 6) is 2.32. The third-order valence-corrected chi connectivity index (χ3v) is 3.63. The normalized spacial score (nSPS) is 12.6. The van der Waals surface area contributed by atoms with Crippen LogP contribution in [-0.2, 0) is 6.42 Å². The van der Waals surface area contributed by atoms with E-state index in [9.17, 15) is 0 Å². The van der Waals surface area contributed by atoms with E-state index in [-0.39, 0.29) is 0 Å². The van der Waals surface area contributed by atoms with Crippen LogP contribution in [0.15, 0.2) is 6.07 Å². The lowest BCUT2D eigenvalue weighted by Crippen LogP contribution is -2.13. The van der Waals surface area contributed by atoms with Crippen LogP contribution in [0.3, 0.4) is 0 Å². The maximum Gasteiger partial charge on any atom is 0.220 e. The Balaban J connectivity index is 2.86. The average molecular weight is 289 g/mol. The van der Waals surface area contributed by atoms with Crippen LogP contribution in [0.25, 0.3) is 0 Å². The van der Waals surface area contributed by atoms with Gasteiger partial charge in [-0.15, -0.1) is 0 Å². The van der Waals surface area contributed by atoms with Crippen molar-refractivity contribution in [2.75, 3.05) is 14.2 Å². The summed E-state index contributed by atoms with van der Waals surface area (Å²) in [6.45, 7) is 4.30. The number of hydrogen-bond donors (Lipinski definition) is 0. The molecule has 1 aromatic rings. The molecule has 1 aromatic heterocycles. The molecule has 0 N–H and O–H groups in total. The molecule has 0 saturated carbocycles. The van der Waals surface area contributed by atoms with E-state index >= 15 is 0 Å². The van der Waals surface area contributed by atoms with Gasteiger partial charge < -0.3 is 9.47 Å². The molecule has 1 atom stereocenters. The van der Waals surface area contributed by atoms with Crippen LogP contribution in [-0.4, -0.2) is 29.0 Å². The Hall–Kier alpha value is -0.840. The van der Waals surface area contributed by atoms with Crippen molar-refractivity contribution in [1.29, 1.82) is 0 Å². The van der Waals surface area contributed by atoms with E-state index in [2.05, 4.69) is 39.7 Å². The largest absolute Gasteiger partial charge is 0.481 e. The first kappa shape index (κ1) is 13.2. The van der Waals surface area contributed by atoms with Crippen LogP contribution in [0.1, 0.15) is 19.7 Å². The van der Waals surface area contributed by atoms with Gasteiger partial charge >= 0.3 is 0 Å². The molecule has 1 rings (SSSR count). The van der Waals surface area contributed by atoms with Crippen LogP contribution in [0.2, 0.25) is 0 Å². The number of rotatable bonds is 5. The van der Waals surface area contributed by atoms with Gasteiger partial charge in [-0.25, -0.2) is 0 Å². The van der Waals surface area contributed by atoms with Gasteiger partial charge in [-0.05, 0) is 5.92 Å². The first-order chi connectivity index (χ1) is 7.56. The molecule has 5 heteroatoms. The molecule has 0 aliphatic rings. The number of alkyl halides is 1. The predicted molar refractivity (Wildman–Crippen MR) is 66.4 cm³/mol. The minimum Gasteiger partial charge on any atom is -0.481 e. The molecule has 4 nitrogen and oxygen atoms in total. The van der Waals surface area contributed by atoms with Crippen LogP contribution in [0.5, 0.6) is 11.8 Å². The standard InChI is InChI=1S/C11H17BrN2O2/c1-7(2)8(12)5-9-13-10(15-3)6-11(14-9)16-4/h6-8H,5H2,1-4H3. The summed E-state index contributed by atoms with van der Waals surface area (Å²) in [5, 5.41) is 0. The first-order valence-electron chi connectivity index (χ1n) is 5.16. The highest BCUT2D eigenvalue weighted by atomic mass is 79.9. The maximum atomic E-state index is 5.09. The molecule has 0 aromatic carbocycles. The third kappa shape index (κ3) is 3.63. The second kappa shape index (κ2) is 6.03. The van der Waals surface area contributed by atoms with Crippen molar-refractivity contribution >= 4 is 15.9 Å². The molecule has 1 heterocycles. The number of nitrogens with zero attached hydrogens (tertiary/aromatic N) is 2. The Labute approximate surface area is 105 Å². The van der Waals surface area contributed by atoms with Crippen LogP contribution in [0, 0.1) is 5.92 Å². The molecule has 0 radical (unpaired) electrons. The van der Waals surface area contributed by atoms with Gasteiger partial charge in [0.2, 0.25) is 11.8 Å². The predicted octanol–water partition coefficient (Wildman–Crippen LogP) is 2.46. The first-order valence-corrected chi connectivity index (χ1v) is 6.08. The minimum atomic E-state index is 0.351. The Morgan fingerprint density at radius 2 is 1.69 bits per heavy atom. The highest BCUT2D eigenvalue weighted by Crippen LogP contribution is 2.20. The molecule has 0 aliphatic heterocycles. The Morgan fingerprint density at radius 3 is 2.06 bits per heavy atom. The number of methoxy groups -OCH3 is 2. The van der Waals surface area contributed by atoms with Gasteiger partial charge in [-0.2, -0.15) is 9.97 Å². The molecular weight excluding hydrogens is 272 g/mol. The van der Waals surface area contributed by atoms with Crippen LogP contribution < -0.4 is 9.47 Å². The van der Waals surface area contributed by atoms with Gasteiger partial charge in [0.15, 0.2) is 0 Å². The van der Waals surface area contributed by atoms with Gasteiger partial charge in [-0.3, -0.25) is 0 Å². The number of hydrogen-bond acceptors (Lipinski definition) is 4. The topological polar surface area (TPSA) is 44.2 Å². The lowest BCUT2D eigenvalue weighted by Gasteiger charge is -2.13. The SMILES string of the molecule is COc1cc(OC)nc(CC(Br)C(C)C)n1. The molecule has 0 saturated heterocycles. The van der Waals surface area contributed by atoms with Crippen molar-refractivity contribution in [3.63, 3.8) is 0 Å². The Morgan fingerprint density at radius 1 is 1.19 bits per heavy atom. The lowest BCUT2D eigenvalue weighted by atomic mass is 10.1. The molecule has 0 spiro atoms. The fraction of sp³-hybridized carbons (Fsp3) is 0.636. The van der Waals surface area contributed by atoms with Gasteiger partial charge in [0, 0.05) is 11.2 Å². The number of aromatic nitrogens is 2. The monoisotopic (exact) mass is 288 g/mol. The van der Waals surface area contributed by atoms with E-state index in [0.717, 1.165) is 12.2 Å².